The summed E-state index contributed by atoms with van der Waals surface area (Å²) in [7, 11) is 0. The highest BCUT2D eigenvalue weighted by Gasteiger charge is 2.01. The van der Waals surface area contributed by atoms with Crippen LogP contribution in [0.15, 0.2) is 12.2 Å². The molecular weight excluding hydrogens is 188 g/mol. The Labute approximate surface area is 92.8 Å². The van der Waals surface area contributed by atoms with Crippen LogP contribution < -0.4 is 0 Å². The minimum absolute atomic E-state index is 0.135. The summed E-state index contributed by atoms with van der Waals surface area (Å²) in [5.74, 6) is -0.391. The molecule has 2 heteroatoms. The summed E-state index contributed by atoms with van der Waals surface area (Å²) in [4.78, 5) is 20.4. The molecule has 0 N–H and O–H groups in total. The first kappa shape index (κ1) is 14.1. The average Bonchev–Trinajstić information content (AvgIpc) is 2.26. The first-order chi connectivity index (χ1) is 7.35. The summed E-state index contributed by atoms with van der Waals surface area (Å²) in [6.45, 7) is 2.19. The van der Waals surface area contributed by atoms with Gasteiger partial charge in [-0.1, -0.05) is 44.8 Å². The topological polar surface area (TPSA) is 34.1 Å². The van der Waals surface area contributed by atoms with Crippen LogP contribution in [0.5, 0.6) is 0 Å². The number of rotatable bonds is 10. The Hall–Kier alpha value is -0.920. The Morgan fingerprint density at radius 3 is 2.47 bits per heavy atom. The van der Waals surface area contributed by atoms with Crippen molar-refractivity contribution in [1.82, 2.24) is 0 Å². The van der Waals surface area contributed by atoms with E-state index in [1.54, 1.807) is 12.4 Å². The lowest BCUT2D eigenvalue weighted by atomic mass is 10.1. The van der Waals surface area contributed by atoms with Crippen LogP contribution in [0.2, 0.25) is 0 Å². The molecular formula is C13H20O2. The summed E-state index contributed by atoms with van der Waals surface area (Å²) in [5, 5.41) is 0. The van der Waals surface area contributed by atoms with Crippen molar-refractivity contribution in [2.45, 2.75) is 51.9 Å². The third kappa shape index (κ3) is 9.39. The monoisotopic (exact) mass is 208 g/mol. The summed E-state index contributed by atoms with van der Waals surface area (Å²) >= 11 is 0. The van der Waals surface area contributed by atoms with E-state index < -0.39 is 5.92 Å². The second-order valence-electron chi connectivity index (χ2n) is 3.70. The molecule has 2 radical (unpaired) electrons. The van der Waals surface area contributed by atoms with Crippen molar-refractivity contribution in [3.8, 4) is 0 Å². The number of allylic oxidation sites excluding steroid dienone is 2. The first-order valence-electron chi connectivity index (χ1n) is 5.74. The quantitative estimate of drug-likeness (QED) is 0.408. The van der Waals surface area contributed by atoms with Crippen LogP contribution in [0.1, 0.15) is 51.9 Å². The van der Waals surface area contributed by atoms with E-state index in [9.17, 15) is 9.59 Å². The van der Waals surface area contributed by atoms with Gasteiger partial charge in [-0.15, -0.1) is 0 Å². The second-order valence-corrected chi connectivity index (χ2v) is 3.70. The van der Waals surface area contributed by atoms with E-state index in [1.165, 1.54) is 25.7 Å². The predicted octanol–water partition coefficient (Wildman–Crippen LogP) is 3.13. The van der Waals surface area contributed by atoms with Crippen LogP contribution in [0.4, 0.5) is 0 Å². The van der Waals surface area contributed by atoms with E-state index in [1.807, 2.05) is 12.4 Å². The van der Waals surface area contributed by atoms with Crippen molar-refractivity contribution in [3.05, 3.63) is 12.2 Å². The lowest BCUT2D eigenvalue weighted by Gasteiger charge is -1.98. The summed E-state index contributed by atoms with van der Waals surface area (Å²) in [5.41, 5.74) is 0. The molecule has 0 bridgehead atoms. The zero-order chi connectivity index (χ0) is 11.4. The SMILES string of the molecule is CCCCCCCC=CC([C]=O)C[C]=O. The van der Waals surface area contributed by atoms with Gasteiger partial charge in [0.05, 0.1) is 5.92 Å². The minimum Gasteiger partial charge on any atom is -0.291 e. The van der Waals surface area contributed by atoms with Crippen molar-refractivity contribution in [1.29, 1.82) is 0 Å². The van der Waals surface area contributed by atoms with Gasteiger partial charge in [0.2, 0.25) is 6.29 Å². The third-order valence-electron chi connectivity index (χ3n) is 2.30. The maximum atomic E-state index is 10.3. The van der Waals surface area contributed by atoms with Crippen LogP contribution in [0.3, 0.4) is 0 Å². The first-order valence-corrected chi connectivity index (χ1v) is 5.74. The molecule has 0 aliphatic rings. The molecule has 1 atom stereocenters. The minimum atomic E-state index is -0.391. The highest BCUT2D eigenvalue weighted by molar-refractivity contribution is 5.64. The van der Waals surface area contributed by atoms with E-state index >= 15 is 0 Å². The van der Waals surface area contributed by atoms with Gasteiger partial charge in [-0.25, -0.2) is 0 Å². The number of hydrogen-bond donors (Lipinski definition) is 0. The van der Waals surface area contributed by atoms with E-state index in [-0.39, 0.29) is 6.42 Å². The fraction of sp³-hybridized carbons (Fsp3) is 0.692. The smallest absolute Gasteiger partial charge is 0.206 e. The Morgan fingerprint density at radius 2 is 1.87 bits per heavy atom. The molecule has 0 heterocycles. The van der Waals surface area contributed by atoms with Gasteiger partial charge in [0, 0.05) is 6.42 Å². The molecule has 0 aromatic rings. The van der Waals surface area contributed by atoms with E-state index in [0.29, 0.717) is 0 Å². The van der Waals surface area contributed by atoms with Gasteiger partial charge >= 0.3 is 0 Å². The Kier molecular flexibility index (Phi) is 10.5. The Morgan fingerprint density at radius 1 is 1.13 bits per heavy atom. The third-order valence-corrected chi connectivity index (χ3v) is 2.30. The number of carbonyl (C=O) groups excluding carboxylic acids is 2. The molecule has 0 aromatic carbocycles. The van der Waals surface area contributed by atoms with Crippen LogP contribution >= 0.6 is 0 Å². The molecule has 0 rings (SSSR count). The lowest BCUT2D eigenvalue weighted by molar-refractivity contribution is 0.526. The Bertz CT molecular complexity index is 185. The van der Waals surface area contributed by atoms with Crippen molar-refractivity contribution >= 4 is 12.6 Å². The molecule has 0 fully saturated rings. The van der Waals surface area contributed by atoms with Crippen LogP contribution in [-0.2, 0) is 9.59 Å². The van der Waals surface area contributed by atoms with Crippen LogP contribution in [0, 0.1) is 5.92 Å². The average molecular weight is 208 g/mol. The van der Waals surface area contributed by atoms with Crippen molar-refractivity contribution in [3.63, 3.8) is 0 Å². The van der Waals surface area contributed by atoms with Crippen molar-refractivity contribution in [2.75, 3.05) is 0 Å². The van der Waals surface area contributed by atoms with Gasteiger partial charge in [0.15, 0.2) is 6.29 Å². The maximum absolute atomic E-state index is 10.3. The van der Waals surface area contributed by atoms with Crippen molar-refractivity contribution < 1.29 is 9.59 Å². The normalized spacial score (nSPS) is 12.9. The van der Waals surface area contributed by atoms with E-state index in [2.05, 4.69) is 6.92 Å². The van der Waals surface area contributed by atoms with Gasteiger partial charge in [-0.2, -0.15) is 0 Å². The highest BCUT2D eigenvalue weighted by Crippen LogP contribution is 2.07. The van der Waals surface area contributed by atoms with Gasteiger partial charge in [0.25, 0.3) is 0 Å². The molecule has 0 spiro atoms. The molecule has 0 aromatic heterocycles. The van der Waals surface area contributed by atoms with E-state index in [0.717, 1.165) is 12.8 Å². The van der Waals surface area contributed by atoms with Crippen LogP contribution in [-0.4, -0.2) is 12.6 Å². The molecule has 2 nitrogen and oxygen atoms in total. The zero-order valence-corrected chi connectivity index (χ0v) is 9.50. The molecule has 0 aliphatic heterocycles. The van der Waals surface area contributed by atoms with Gasteiger partial charge in [-0.3, -0.25) is 9.59 Å². The molecule has 1 unspecified atom stereocenters. The number of hydrogen-bond acceptors (Lipinski definition) is 2. The fourth-order valence-electron chi connectivity index (χ4n) is 1.37. The zero-order valence-electron chi connectivity index (χ0n) is 9.50. The largest absolute Gasteiger partial charge is 0.291 e. The van der Waals surface area contributed by atoms with Gasteiger partial charge in [-0.05, 0) is 12.8 Å². The summed E-state index contributed by atoms with van der Waals surface area (Å²) in [6.07, 6.45) is 14.6. The molecule has 84 valence electrons. The van der Waals surface area contributed by atoms with Crippen LogP contribution in [0.25, 0.3) is 0 Å². The summed E-state index contributed by atoms with van der Waals surface area (Å²) in [6, 6.07) is 0. The standard InChI is InChI=1S/C13H20O2/c1-2-3-4-5-6-7-8-9-13(12-15)10-11-14/h8-9,13H,2-7,10H2,1H3. The Balaban J connectivity index is 3.42. The van der Waals surface area contributed by atoms with Gasteiger partial charge in [0.1, 0.15) is 0 Å². The van der Waals surface area contributed by atoms with E-state index in [4.69, 9.17) is 0 Å². The fourth-order valence-corrected chi connectivity index (χ4v) is 1.37. The predicted molar refractivity (Wildman–Crippen MR) is 62.0 cm³/mol. The number of unbranched alkanes of at least 4 members (excludes halogenated alkanes) is 5. The molecule has 0 saturated heterocycles. The maximum Gasteiger partial charge on any atom is 0.206 e. The second kappa shape index (κ2) is 11.2. The van der Waals surface area contributed by atoms with Crippen molar-refractivity contribution in [2.24, 2.45) is 5.92 Å². The summed E-state index contributed by atoms with van der Waals surface area (Å²) < 4.78 is 0. The van der Waals surface area contributed by atoms with Gasteiger partial charge < -0.3 is 0 Å². The molecule has 0 saturated carbocycles. The lowest BCUT2D eigenvalue weighted by Crippen LogP contribution is -1.97. The highest BCUT2D eigenvalue weighted by atomic mass is 16.1. The molecule has 15 heavy (non-hydrogen) atoms. The molecule has 0 amide bonds. The molecule has 0 aliphatic carbocycles.